The Morgan fingerprint density at radius 1 is 1.78 bits per heavy atom. The highest BCUT2D eigenvalue weighted by Gasteiger charge is 2.09. The van der Waals surface area contributed by atoms with Gasteiger partial charge in [0.15, 0.2) is 0 Å². The van der Waals surface area contributed by atoms with Crippen molar-refractivity contribution in [2.75, 3.05) is 13.2 Å². The van der Waals surface area contributed by atoms with Gasteiger partial charge in [0.25, 0.3) is 7.52 Å². The Balaban J connectivity index is 3.53. The van der Waals surface area contributed by atoms with E-state index in [-0.39, 0.29) is 0 Å². The van der Waals surface area contributed by atoms with E-state index >= 15 is 0 Å². The summed E-state index contributed by atoms with van der Waals surface area (Å²) in [6, 6.07) is 0. The molecule has 9 heavy (non-hydrogen) atoms. The fourth-order valence-corrected chi connectivity index (χ4v) is 0.643. The van der Waals surface area contributed by atoms with Gasteiger partial charge in [0, 0.05) is 6.66 Å². The number of rotatable bonds is 3. The fraction of sp³-hybridized carbons (Fsp3) is 0.667. The monoisotopic (exact) mass is 153 g/mol. The van der Waals surface area contributed by atoms with Crippen molar-refractivity contribution < 1.29 is 19.4 Å². The maximum Gasteiger partial charge on any atom is 0.317 e. The Bertz CT molecular complexity index is 150. The van der Waals surface area contributed by atoms with Gasteiger partial charge in [0.05, 0.1) is 0 Å². The van der Waals surface area contributed by atoms with Gasteiger partial charge in [-0.25, -0.2) is 5.09 Å². The van der Waals surface area contributed by atoms with Gasteiger partial charge >= 0.3 is 5.97 Å². The van der Waals surface area contributed by atoms with Crippen molar-refractivity contribution in [1.82, 2.24) is 5.09 Å². The van der Waals surface area contributed by atoms with Crippen LogP contribution in [0.1, 0.15) is 0 Å². The summed E-state index contributed by atoms with van der Waals surface area (Å²) in [5.74, 6) is -1.15. The number of carboxylic acid groups (broad SMARTS) is 1. The number of hydrogen-bond acceptors (Lipinski definition) is 2. The second-order valence-electron chi connectivity index (χ2n) is 1.61. The van der Waals surface area contributed by atoms with Crippen LogP contribution in [-0.2, 0) is 9.36 Å². The van der Waals surface area contributed by atoms with Gasteiger partial charge in [-0.2, -0.15) is 0 Å². The summed E-state index contributed by atoms with van der Waals surface area (Å²) < 4.78 is 10.3. The molecule has 0 spiro atoms. The van der Waals surface area contributed by atoms with E-state index in [1.54, 1.807) is 0 Å². The maximum atomic E-state index is 10.3. The molecule has 0 aromatic rings. The zero-order chi connectivity index (χ0) is 7.49. The van der Waals surface area contributed by atoms with Crippen LogP contribution in [0.3, 0.4) is 0 Å². The van der Waals surface area contributed by atoms with Crippen molar-refractivity contribution in [2.24, 2.45) is 0 Å². The molecule has 5 nitrogen and oxygen atoms in total. The van der Waals surface area contributed by atoms with Gasteiger partial charge in [-0.1, -0.05) is 0 Å². The van der Waals surface area contributed by atoms with E-state index in [0.717, 1.165) is 6.66 Å². The van der Waals surface area contributed by atoms with Gasteiger partial charge in [0.1, 0.15) is 6.54 Å². The highest BCUT2D eigenvalue weighted by Crippen LogP contribution is 2.27. The van der Waals surface area contributed by atoms with E-state index in [9.17, 15) is 9.36 Å². The van der Waals surface area contributed by atoms with E-state index in [4.69, 9.17) is 10.00 Å². The molecule has 1 atom stereocenters. The molecule has 0 saturated heterocycles. The van der Waals surface area contributed by atoms with Crippen LogP contribution >= 0.6 is 7.52 Å². The van der Waals surface area contributed by atoms with Crippen LogP contribution in [0.25, 0.3) is 0 Å². The van der Waals surface area contributed by atoms with Crippen molar-refractivity contribution in [1.29, 1.82) is 0 Å². The molecule has 0 fully saturated rings. The maximum absolute atomic E-state index is 10.3. The highest BCUT2D eigenvalue weighted by atomic mass is 31.2. The van der Waals surface area contributed by atoms with Gasteiger partial charge in [-0.15, -0.1) is 0 Å². The fourth-order valence-electron chi connectivity index (χ4n) is 0.214. The average Bonchev–Trinajstić information content (AvgIpc) is 1.59. The lowest BCUT2D eigenvalue weighted by Gasteiger charge is -2.02. The van der Waals surface area contributed by atoms with Gasteiger partial charge < -0.3 is 10.00 Å². The topological polar surface area (TPSA) is 86.6 Å². The summed E-state index contributed by atoms with van der Waals surface area (Å²) >= 11 is 0. The minimum absolute atomic E-state index is 0.482. The molecular formula is C3H8NO4P. The van der Waals surface area contributed by atoms with Gasteiger partial charge in [0.2, 0.25) is 0 Å². The first-order valence-electron chi connectivity index (χ1n) is 2.19. The third-order valence-corrected chi connectivity index (χ3v) is 1.27. The Hall–Kier alpha value is -0.380. The van der Waals surface area contributed by atoms with Crippen LogP contribution in [0.5, 0.6) is 0 Å². The predicted octanol–water partition coefficient (Wildman–Crippen LogP) is -0.524. The molecule has 0 aromatic heterocycles. The standard InChI is InChI=1S/C3H8NO4P/c1-9(7,8)4-2-3(5)6/h2H2,1H3,(H,5,6)(H2,4,7,8). The average molecular weight is 153 g/mol. The first-order valence-corrected chi connectivity index (χ1v) is 4.30. The van der Waals surface area contributed by atoms with Crippen LogP contribution in [0.4, 0.5) is 0 Å². The third-order valence-electron chi connectivity index (χ3n) is 0.524. The molecule has 0 aliphatic rings. The summed E-state index contributed by atoms with van der Waals surface area (Å²) in [6.07, 6.45) is 0. The molecule has 0 rings (SSSR count). The van der Waals surface area contributed by atoms with E-state index in [0.29, 0.717) is 0 Å². The lowest BCUT2D eigenvalue weighted by Crippen LogP contribution is -2.18. The molecule has 1 unspecified atom stereocenters. The van der Waals surface area contributed by atoms with E-state index in [1.165, 1.54) is 0 Å². The molecular weight excluding hydrogens is 145 g/mol. The summed E-state index contributed by atoms with van der Waals surface area (Å²) in [5.41, 5.74) is 0. The van der Waals surface area contributed by atoms with Crippen LogP contribution in [0, 0.1) is 0 Å². The normalized spacial score (nSPS) is 16.7. The largest absolute Gasteiger partial charge is 0.480 e. The van der Waals surface area contributed by atoms with Crippen molar-refractivity contribution >= 4 is 13.5 Å². The SMILES string of the molecule is CP(=O)(O)NCC(=O)O. The van der Waals surface area contributed by atoms with Gasteiger partial charge in [-0.3, -0.25) is 9.36 Å². The summed E-state index contributed by atoms with van der Waals surface area (Å²) in [4.78, 5) is 18.2. The van der Waals surface area contributed by atoms with Crippen LogP contribution < -0.4 is 5.09 Å². The Morgan fingerprint density at radius 2 is 2.22 bits per heavy atom. The summed E-state index contributed by atoms with van der Waals surface area (Å²) in [5, 5.41) is 9.91. The first-order chi connectivity index (χ1) is 3.92. The molecule has 0 aliphatic carbocycles. The van der Waals surface area contributed by atoms with Crippen LogP contribution in [0.2, 0.25) is 0 Å². The molecule has 0 saturated carbocycles. The predicted molar refractivity (Wildman–Crippen MR) is 31.4 cm³/mol. The molecule has 0 amide bonds. The van der Waals surface area contributed by atoms with E-state index in [1.807, 2.05) is 5.09 Å². The van der Waals surface area contributed by atoms with E-state index < -0.39 is 20.0 Å². The number of hydrogen-bond donors (Lipinski definition) is 3. The molecule has 0 aromatic carbocycles. The molecule has 0 heterocycles. The zero-order valence-corrected chi connectivity index (χ0v) is 5.76. The number of aliphatic carboxylic acids is 1. The summed E-state index contributed by atoms with van der Waals surface area (Å²) in [6.45, 7) is 0.556. The molecule has 54 valence electrons. The van der Waals surface area contributed by atoms with E-state index in [2.05, 4.69) is 0 Å². The second kappa shape index (κ2) is 2.96. The third kappa shape index (κ3) is 7.62. The number of carbonyl (C=O) groups is 1. The molecule has 3 N–H and O–H groups in total. The number of carboxylic acids is 1. The van der Waals surface area contributed by atoms with Crippen molar-refractivity contribution in [3.8, 4) is 0 Å². The lowest BCUT2D eigenvalue weighted by atomic mass is 10.7. The molecule has 6 heteroatoms. The van der Waals surface area contributed by atoms with Crippen molar-refractivity contribution in [2.45, 2.75) is 0 Å². The lowest BCUT2D eigenvalue weighted by molar-refractivity contribution is -0.135. The Labute approximate surface area is 52.2 Å². The zero-order valence-electron chi connectivity index (χ0n) is 4.87. The quantitative estimate of drug-likeness (QED) is 0.474. The summed E-state index contributed by atoms with van der Waals surface area (Å²) in [7, 11) is -3.35. The van der Waals surface area contributed by atoms with Crippen LogP contribution in [0.15, 0.2) is 0 Å². The molecule has 0 bridgehead atoms. The molecule has 0 aliphatic heterocycles. The van der Waals surface area contributed by atoms with Crippen molar-refractivity contribution in [3.63, 3.8) is 0 Å². The minimum Gasteiger partial charge on any atom is -0.480 e. The minimum atomic E-state index is -3.35. The first kappa shape index (κ1) is 8.62. The smallest absolute Gasteiger partial charge is 0.317 e. The molecule has 0 radical (unpaired) electrons. The second-order valence-corrected chi connectivity index (χ2v) is 3.68. The van der Waals surface area contributed by atoms with Crippen LogP contribution in [-0.4, -0.2) is 29.2 Å². The Kier molecular flexibility index (Phi) is 2.84. The van der Waals surface area contributed by atoms with Gasteiger partial charge in [-0.05, 0) is 0 Å². The Morgan fingerprint density at radius 3 is 2.33 bits per heavy atom. The van der Waals surface area contributed by atoms with Crippen molar-refractivity contribution in [3.05, 3.63) is 0 Å². The highest BCUT2D eigenvalue weighted by molar-refractivity contribution is 7.55. The number of nitrogens with one attached hydrogen (secondary N) is 1.